The van der Waals surface area contributed by atoms with Crippen molar-refractivity contribution in [3.63, 3.8) is 0 Å². The second kappa shape index (κ2) is 9.51. The van der Waals surface area contributed by atoms with E-state index in [9.17, 15) is 0 Å². The summed E-state index contributed by atoms with van der Waals surface area (Å²) in [5.74, 6) is 2.22. The van der Waals surface area contributed by atoms with Gasteiger partial charge >= 0.3 is 6.01 Å². The van der Waals surface area contributed by atoms with Gasteiger partial charge in [0.25, 0.3) is 0 Å². The molecule has 1 aliphatic heterocycles. The number of pyridine rings is 1. The highest BCUT2D eigenvalue weighted by Gasteiger charge is 2.24. The van der Waals surface area contributed by atoms with Gasteiger partial charge in [-0.3, -0.25) is 0 Å². The maximum Gasteiger partial charge on any atom is 0.320 e. The molecule has 0 unspecified atom stereocenters. The third kappa shape index (κ3) is 5.32. The second-order valence-electron chi connectivity index (χ2n) is 7.20. The molecule has 1 aliphatic carbocycles. The van der Waals surface area contributed by atoms with Crippen molar-refractivity contribution in [3.8, 4) is 6.01 Å². The van der Waals surface area contributed by atoms with E-state index in [0.29, 0.717) is 31.1 Å². The summed E-state index contributed by atoms with van der Waals surface area (Å²) in [6, 6.07) is 8.50. The van der Waals surface area contributed by atoms with Crippen LogP contribution in [0.15, 0.2) is 35.5 Å². The third-order valence-electron chi connectivity index (χ3n) is 5.18. The number of rotatable bonds is 6. The van der Waals surface area contributed by atoms with Gasteiger partial charge in [-0.1, -0.05) is 6.07 Å². The molecule has 0 bridgehead atoms. The Bertz CT molecular complexity index is 804. The van der Waals surface area contributed by atoms with Crippen molar-refractivity contribution >= 4 is 23.8 Å². The van der Waals surface area contributed by atoms with Crippen LogP contribution in [-0.2, 0) is 4.74 Å². The normalized spacial score (nSPS) is 22.6. The largest absolute Gasteiger partial charge is 0.460 e. The zero-order chi connectivity index (χ0) is 19.9. The first-order chi connectivity index (χ1) is 14.3. The van der Waals surface area contributed by atoms with Crippen molar-refractivity contribution in [1.82, 2.24) is 15.0 Å². The van der Waals surface area contributed by atoms with Crippen molar-refractivity contribution in [2.45, 2.75) is 37.8 Å². The minimum Gasteiger partial charge on any atom is -0.460 e. The van der Waals surface area contributed by atoms with Gasteiger partial charge in [-0.25, -0.2) is 9.98 Å². The minimum atomic E-state index is 0.0893. The van der Waals surface area contributed by atoms with Crippen LogP contribution in [0.2, 0.25) is 0 Å². The number of nitrogens with zero attached hydrogens (tertiary/aromatic N) is 5. The van der Waals surface area contributed by atoms with Crippen LogP contribution in [0.3, 0.4) is 0 Å². The smallest absolute Gasteiger partial charge is 0.320 e. The predicted molar refractivity (Wildman–Crippen MR) is 112 cm³/mol. The monoisotopic (exact) mass is 397 g/mol. The maximum atomic E-state index is 6.13. The van der Waals surface area contributed by atoms with Gasteiger partial charge in [0.05, 0.1) is 19.6 Å². The fourth-order valence-electron chi connectivity index (χ4n) is 3.68. The van der Waals surface area contributed by atoms with Crippen LogP contribution in [0.1, 0.15) is 25.7 Å². The molecule has 154 valence electrons. The lowest BCUT2D eigenvalue weighted by Gasteiger charge is -2.30. The van der Waals surface area contributed by atoms with Crippen molar-refractivity contribution < 1.29 is 9.47 Å². The molecule has 29 heavy (non-hydrogen) atoms. The van der Waals surface area contributed by atoms with E-state index < -0.39 is 0 Å². The quantitative estimate of drug-likeness (QED) is 0.563. The lowest BCUT2D eigenvalue weighted by molar-refractivity contribution is 0.121. The first-order valence-electron chi connectivity index (χ1n) is 10.1. The molecule has 4 rings (SSSR count). The SMILES string of the molecule is N/C=N\c1cc(N2CCOCC2)nc(OC2CCC(Nc3ccccn3)CC2)n1. The van der Waals surface area contributed by atoms with E-state index in [-0.39, 0.29) is 6.10 Å². The Morgan fingerprint density at radius 2 is 2.00 bits per heavy atom. The molecule has 0 radical (unpaired) electrons. The Hall–Kier alpha value is -2.94. The molecule has 3 heterocycles. The number of ether oxygens (including phenoxy) is 2. The van der Waals surface area contributed by atoms with Crippen LogP contribution >= 0.6 is 0 Å². The summed E-state index contributed by atoms with van der Waals surface area (Å²) in [5, 5.41) is 3.49. The molecule has 0 spiro atoms. The molecule has 0 aromatic carbocycles. The van der Waals surface area contributed by atoms with Gasteiger partial charge < -0.3 is 25.4 Å². The molecule has 1 saturated heterocycles. The Balaban J connectivity index is 1.38. The van der Waals surface area contributed by atoms with Gasteiger partial charge in [-0.05, 0) is 37.8 Å². The van der Waals surface area contributed by atoms with Gasteiger partial charge in [-0.2, -0.15) is 9.97 Å². The molecule has 9 heteroatoms. The molecule has 2 aliphatic rings. The topological polar surface area (TPSA) is 111 Å². The summed E-state index contributed by atoms with van der Waals surface area (Å²) in [6.07, 6.45) is 7.03. The summed E-state index contributed by atoms with van der Waals surface area (Å²) in [4.78, 5) is 19.6. The van der Waals surface area contributed by atoms with Crippen LogP contribution in [-0.4, -0.2) is 59.7 Å². The third-order valence-corrected chi connectivity index (χ3v) is 5.18. The molecular formula is C20H27N7O2. The van der Waals surface area contributed by atoms with E-state index in [1.54, 1.807) is 6.20 Å². The van der Waals surface area contributed by atoms with E-state index >= 15 is 0 Å². The van der Waals surface area contributed by atoms with Crippen LogP contribution < -0.4 is 20.7 Å². The fourth-order valence-corrected chi connectivity index (χ4v) is 3.68. The lowest BCUT2D eigenvalue weighted by atomic mass is 9.93. The highest BCUT2D eigenvalue weighted by atomic mass is 16.5. The highest BCUT2D eigenvalue weighted by molar-refractivity contribution is 5.59. The number of aliphatic imine (C=N–C) groups is 1. The van der Waals surface area contributed by atoms with Crippen molar-refractivity contribution in [1.29, 1.82) is 0 Å². The predicted octanol–water partition coefficient (Wildman–Crippen LogP) is 2.13. The first-order valence-corrected chi connectivity index (χ1v) is 10.1. The highest BCUT2D eigenvalue weighted by Crippen LogP contribution is 2.27. The number of aromatic nitrogens is 3. The van der Waals surface area contributed by atoms with E-state index in [0.717, 1.165) is 50.4 Å². The lowest BCUT2D eigenvalue weighted by Crippen LogP contribution is -2.37. The standard InChI is InChI=1S/C20H27N7O2/c21-14-23-18-13-19(27-9-11-28-12-10-27)26-20(25-18)29-16-6-4-15(5-7-16)24-17-3-1-2-8-22-17/h1-3,8,13-16H,4-7,9-12H2,(H,22,24)(H2,21,23,25,26). The molecule has 1 saturated carbocycles. The summed E-state index contributed by atoms with van der Waals surface area (Å²) in [5.41, 5.74) is 5.46. The van der Waals surface area contributed by atoms with Gasteiger partial charge in [0, 0.05) is 31.4 Å². The number of nitrogens with one attached hydrogen (secondary N) is 1. The average molecular weight is 397 g/mol. The van der Waals surface area contributed by atoms with Crippen molar-refractivity contribution in [2.24, 2.45) is 10.7 Å². The van der Waals surface area contributed by atoms with Crippen LogP contribution in [0.5, 0.6) is 6.01 Å². The second-order valence-corrected chi connectivity index (χ2v) is 7.20. The molecular weight excluding hydrogens is 370 g/mol. The van der Waals surface area contributed by atoms with Gasteiger partial charge in [0.1, 0.15) is 17.7 Å². The summed E-state index contributed by atoms with van der Waals surface area (Å²) in [6.45, 7) is 2.94. The van der Waals surface area contributed by atoms with E-state index in [1.165, 1.54) is 6.34 Å². The van der Waals surface area contributed by atoms with E-state index in [2.05, 4.69) is 30.2 Å². The number of hydrogen-bond donors (Lipinski definition) is 2. The maximum absolute atomic E-state index is 6.13. The van der Waals surface area contributed by atoms with E-state index in [1.807, 2.05) is 24.3 Å². The summed E-state index contributed by atoms with van der Waals surface area (Å²) in [7, 11) is 0. The number of anilines is 2. The fraction of sp³-hybridized carbons (Fsp3) is 0.500. The van der Waals surface area contributed by atoms with Crippen LogP contribution in [0.25, 0.3) is 0 Å². The Kier molecular flexibility index (Phi) is 6.35. The first kappa shape index (κ1) is 19.4. The van der Waals surface area contributed by atoms with Crippen LogP contribution in [0, 0.1) is 0 Å². The number of hydrogen-bond acceptors (Lipinski definition) is 8. The molecule has 2 aromatic rings. The van der Waals surface area contributed by atoms with E-state index in [4.69, 9.17) is 15.2 Å². The number of nitrogens with two attached hydrogens (primary N) is 1. The molecule has 3 N–H and O–H groups in total. The molecule has 2 fully saturated rings. The molecule has 2 aromatic heterocycles. The zero-order valence-corrected chi connectivity index (χ0v) is 16.4. The Morgan fingerprint density at radius 3 is 2.72 bits per heavy atom. The Morgan fingerprint density at radius 1 is 1.17 bits per heavy atom. The van der Waals surface area contributed by atoms with Gasteiger partial charge in [0.15, 0.2) is 5.82 Å². The Labute approximate surface area is 170 Å². The average Bonchev–Trinajstić information content (AvgIpc) is 2.77. The minimum absolute atomic E-state index is 0.0893. The van der Waals surface area contributed by atoms with Crippen molar-refractivity contribution in [2.75, 3.05) is 36.5 Å². The number of morpholine rings is 1. The van der Waals surface area contributed by atoms with Crippen molar-refractivity contribution in [3.05, 3.63) is 30.5 Å². The molecule has 0 atom stereocenters. The molecule has 0 amide bonds. The van der Waals surface area contributed by atoms with Gasteiger partial charge in [-0.15, -0.1) is 0 Å². The summed E-state index contributed by atoms with van der Waals surface area (Å²) >= 11 is 0. The van der Waals surface area contributed by atoms with Crippen LogP contribution in [0.4, 0.5) is 17.5 Å². The van der Waals surface area contributed by atoms with Gasteiger partial charge in [0.2, 0.25) is 0 Å². The molecule has 9 nitrogen and oxygen atoms in total. The zero-order valence-electron chi connectivity index (χ0n) is 16.4. The summed E-state index contributed by atoms with van der Waals surface area (Å²) < 4.78 is 11.6.